The highest BCUT2D eigenvalue weighted by molar-refractivity contribution is 9.10. The summed E-state index contributed by atoms with van der Waals surface area (Å²) in [5.41, 5.74) is 13.0. The lowest BCUT2D eigenvalue weighted by atomic mass is 9.92. The molecule has 0 unspecified atom stereocenters. The quantitative estimate of drug-likeness (QED) is 0.811. The van der Waals surface area contributed by atoms with E-state index in [0.717, 1.165) is 41.7 Å². The van der Waals surface area contributed by atoms with Crippen LogP contribution in [-0.4, -0.2) is 24.0 Å². The molecule has 1 amide bonds. The maximum Gasteiger partial charge on any atom is 0.217 e. The van der Waals surface area contributed by atoms with Crippen molar-refractivity contribution in [3.05, 3.63) is 28.2 Å². The fourth-order valence-electron chi connectivity index (χ4n) is 2.68. The average molecular weight is 356 g/mol. The van der Waals surface area contributed by atoms with Crippen molar-refractivity contribution in [3.63, 3.8) is 0 Å². The molecule has 1 aromatic carbocycles. The third kappa shape index (κ3) is 3.49. The van der Waals surface area contributed by atoms with Gasteiger partial charge in [-0.05, 0) is 46.8 Å². The first-order valence-electron chi connectivity index (χ1n) is 6.60. The number of halogens is 1. The van der Waals surface area contributed by atoms with Gasteiger partial charge in [-0.2, -0.15) is 0 Å². The van der Waals surface area contributed by atoms with E-state index < -0.39 is 0 Å². The van der Waals surface area contributed by atoms with Crippen LogP contribution in [0.25, 0.3) is 0 Å². The largest absolute Gasteiger partial charge is 0.389 e. The van der Waals surface area contributed by atoms with Crippen LogP contribution >= 0.6 is 28.1 Å². The number of nitrogens with two attached hydrogens (primary N) is 2. The van der Waals surface area contributed by atoms with Gasteiger partial charge >= 0.3 is 0 Å². The molecule has 20 heavy (non-hydrogen) atoms. The molecule has 6 heteroatoms. The predicted molar refractivity (Wildman–Crippen MR) is 88.8 cm³/mol. The van der Waals surface area contributed by atoms with E-state index in [0.29, 0.717) is 17.3 Å². The van der Waals surface area contributed by atoms with Gasteiger partial charge in [0.2, 0.25) is 5.91 Å². The highest BCUT2D eigenvalue weighted by Gasteiger charge is 2.23. The molecular formula is C14H18BrN3OS. The minimum absolute atomic E-state index is 0.213. The van der Waals surface area contributed by atoms with Crippen molar-refractivity contribution >= 4 is 44.7 Å². The maximum atomic E-state index is 11.0. The molecule has 1 aromatic rings. The van der Waals surface area contributed by atoms with Crippen LogP contribution in [0.5, 0.6) is 0 Å². The summed E-state index contributed by atoms with van der Waals surface area (Å²) in [4.78, 5) is 13.6. The molecule has 4 N–H and O–H groups in total. The van der Waals surface area contributed by atoms with Crippen LogP contribution in [-0.2, 0) is 4.79 Å². The molecular weight excluding hydrogens is 338 g/mol. The van der Waals surface area contributed by atoms with Crippen molar-refractivity contribution < 1.29 is 4.79 Å². The Hall–Kier alpha value is -1.14. The minimum atomic E-state index is -0.213. The molecule has 1 fully saturated rings. The number of benzene rings is 1. The van der Waals surface area contributed by atoms with Crippen LogP contribution in [0.3, 0.4) is 0 Å². The zero-order valence-corrected chi connectivity index (χ0v) is 13.5. The number of amides is 1. The lowest BCUT2D eigenvalue weighted by molar-refractivity contribution is -0.119. The van der Waals surface area contributed by atoms with Gasteiger partial charge in [-0.3, -0.25) is 4.79 Å². The number of hydrogen-bond donors (Lipinski definition) is 2. The molecule has 0 aromatic heterocycles. The lowest BCUT2D eigenvalue weighted by Crippen LogP contribution is -2.36. The fraction of sp³-hybridized carbons (Fsp3) is 0.429. The number of piperidine rings is 1. The van der Waals surface area contributed by atoms with E-state index in [1.165, 1.54) is 0 Å². The van der Waals surface area contributed by atoms with E-state index in [9.17, 15) is 4.79 Å². The Kier molecular flexibility index (Phi) is 4.99. The van der Waals surface area contributed by atoms with Gasteiger partial charge in [-0.1, -0.05) is 18.3 Å². The van der Waals surface area contributed by atoms with Crippen LogP contribution in [0.4, 0.5) is 5.69 Å². The maximum absolute atomic E-state index is 11.0. The van der Waals surface area contributed by atoms with E-state index in [1.54, 1.807) is 0 Å². The molecule has 4 nitrogen and oxygen atoms in total. The second kappa shape index (κ2) is 6.54. The average Bonchev–Trinajstić information content (AvgIpc) is 2.38. The van der Waals surface area contributed by atoms with Crippen LogP contribution in [0.2, 0.25) is 0 Å². The summed E-state index contributed by atoms with van der Waals surface area (Å²) in [5.74, 6) is 0.180. The smallest absolute Gasteiger partial charge is 0.217 e. The number of hydrogen-bond acceptors (Lipinski definition) is 3. The highest BCUT2D eigenvalue weighted by Crippen LogP contribution is 2.31. The summed E-state index contributed by atoms with van der Waals surface area (Å²) in [6.07, 6.45) is 2.41. The van der Waals surface area contributed by atoms with Crippen molar-refractivity contribution in [1.29, 1.82) is 0 Å². The Morgan fingerprint density at radius 1 is 1.35 bits per heavy atom. The zero-order chi connectivity index (χ0) is 14.7. The molecule has 2 rings (SSSR count). The second-order valence-corrected chi connectivity index (χ2v) is 6.39. The Balaban J connectivity index is 2.13. The zero-order valence-electron chi connectivity index (χ0n) is 11.1. The molecule has 0 saturated carbocycles. The Bertz CT molecular complexity index is 527. The van der Waals surface area contributed by atoms with Gasteiger partial charge in [0, 0.05) is 35.2 Å². The van der Waals surface area contributed by atoms with E-state index in [4.69, 9.17) is 23.7 Å². The number of rotatable bonds is 4. The summed E-state index contributed by atoms with van der Waals surface area (Å²) < 4.78 is 0.918. The molecule has 0 radical (unpaired) electrons. The first-order chi connectivity index (χ1) is 9.49. The molecule has 1 heterocycles. The number of anilines is 1. The summed E-state index contributed by atoms with van der Waals surface area (Å²) in [5, 5.41) is 0. The molecule has 1 aliphatic rings. The van der Waals surface area contributed by atoms with Crippen LogP contribution in [0.15, 0.2) is 22.7 Å². The van der Waals surface area contributed by atoms with Crippen molar-refractivity contribution in [1.82, 2.24) is 0 Å². The van der Waals surface area contributed by atoms with Gasteiger partial charge in [-0.25, -0.2) is 0 Å². The summed E-state index contributed by atoms with van der Waals surface area (Å²) in [6.45, 7) is 1.79. The van der Waals surface area contributed by atoms with E-state index >= 15 is 0 Å². The topological polar surface area (TPSA) is 72.4 Å². The number of thiocarbonyl (C=S) groups is 1. The number of primary amides is 1. The molecule has 108 valence electrons. The van der Waals surface area contributed by atoms with Gasteiger partial charge in [0.15, 0.2) is 0 Å². The number of carbonyl (C=O) groups excluding carboxylic acids is 1. The SMILES string of the molecule is NC(=O)CC1CCN(c2cccc(Br)c2C(N)=S)CC1. The van der Waals surface area contributed by atoms with E-state index in [1.807, 2.05) is 18.2 Å². The minimum Gasteiger partial charge on any atom is -0.389 e. The van der Waals surface area contributed by atoms with Crippen LogP contribution in [0.1, 0.15) is 24.8 Å². The predicted octanol–water partition coefficient (Wildman–Crippen LogP) is 2.18. The fourth-order valence-corrected chi connectivity index (χ4v) is 3.60. The van der Waals surface area contributed by atoms with E-state index in [-0.39, 0.29) is 5.91 Å². The molecule has 1 aliphatic heterocycles. The summed E-state index contributed by atoms with van der Waals surface area (Å²) in [6, 6.07) is 5.96. The van der Waals surface area contributed by atoms with Crippen LogP contribution < -0.4 is 16.4 Å². The van der Waals surface area contributed by atoms with Gasteiger partial charge < -0.3 is 16.4 Å². The molecule has 0 bridgehead atoms. The van der Waals surface area contributed by atoms with Crippen molar-refractivity contribution in [2.75, 3.05) is 18.0 Å². The first kappa shape index (κ1) is 15.3. The second-order valence-electron chi connectivity index (χ2n) is 5.10. The normalized spacial score (nSPS) is 16.1. The van der Waals surface area contributed by atoms with Gasteiger partial charge in [0.1, 0.15) is 4.99 Å². The summed E-state index contributed by atoms with van der Waals surface area (Å²) >= 11 is 8.65. The molecule has 1 saturated heterocycles. The molecule has 0 aliphatic carbocycles. The molecule has 0 atom stereocenters. The van der Waals surface area contributed by atoms with Crippen molar-refractivity contribution in [2.45, 2.75) is 19.3 Å². The number of nitrogens with zero attached hydrogens (tertiary/aromatic N) is 1. The Morgan fingerprint density at radius 2 is 2.00 bits per heavy atom. The molecule has 0 spiro atoms. The third-order valence-corrected chi connectivity index (χ3v) is 4.55. The van der Waals surface area contributed by atoms with Gasteiger partial charge in [-0.15, -0.1) is 0 Å². The van der Waals surface area contributed by atoms with Crippen LogP contribution in [0, 0.1) is 5.92 Å². The number of carbonyl (C=O) groups is 1. The van der Waals surface area contributed by atoms with Crippen molar-refractivity contribution in [2.24, 2.45) is 17.4 Å². The standard InChI is InChI=1S/C14H18BrN3OS/c15-10-2-1-3-11(13(10)14(17)20)18-6-4-9(5-7-18)8-12(16)19/h1-3,9H,4-8H2,(H2,16,19)(H2,17,20). The van der Waals surface area contributed by atoms with Gasteiger partial charge in [0.05, 0.1) is 0 Å². The highest BCUT2D eigenvalue weighted by atomic mass is 79.9. The summed E-state index contributed by atoms with van der Waals surface area (Å²) in [7, 11) is 0. The Morgan fingerprint density at radius 3 is 2.55 bits per heavy atom. The van der Waals surface area contributed by atoms with Gasteiger partial charge in [0.25, 0.3) is 0 Å². The third-order valence-electron chi connectivity index (χ3n) is 3.68. The van der Waals surface area contributed by atoms with Crippen molar-refractivity contribution in [3.8, 4) is 0 Å². The lowest BCUT2D eigenvalue weighted by Gasteiger charge is -2.34. The Labute approximate surface area is 132 Å². The monoisotopic (exact) mass is 355 g/mol. The first-order valence-corrected chi connectivity index (χ1v) is 7.80. The van der Waals surface area contributed by atoms with E-state index in [2.05, 4.69) is 20.8 Å².